The number of fused-ring (bicyclic) bond motifs is 1. The number of nitrogens with zero attached hydrogens (tertiary/aromatic N) is 2. The number of aromatic hydroxyl groups is 1. The van der Waals surface area contributed by atoms with Gasteiger partial charge in [-0.3, -0.25) is 14.8 Å². The standard InChI is InChI=1S/C15H9ClN2O2/c16-14-10(2-1-3-13(14)19)15(20)9-4-5-11-12(8-9)18-7-6-17-11/h1-8,19H. The fraction of sp³-hybridized carbons (Fsp3) is 0. The second-order valence-corrected chi connectivity index (χ2v) is 4.61. The predicted molar refractivity (Wildman–Crippen MR) is 76.1 cm³/mol. The third-order valence-electron chi connectivity index (χ3n) is 2.95. The molecule has 0 atom stereocenters. The molecule has 2 aromatic carbocycles. The molecule has 1 N–H and O–H groups in total. The molecule has 0 radical (unpaired) electrons. The number of carbonyl (C=O) groups excluding carboxylic acids is 1. The summed E-state index contributed by atoms with van der Waals surface area (Å²) in [4.78, 5) is 20.7. The number of phenolic OH excluding ortho intramolecular Hbond substituents is 1. The highest BCUT2D eigenvalue weighted by Crippen LogP contribution is 2.28. The number of aromatic nitrogens is 2. The first-order valence-corrected chi connectivity index (χ1v) is 6.27. The van der Waals surface area contributed by atoms with Gasteiger partial charge in [0.1, 0.15) is 5.75 Å². The number of hydrogen-bond donors (Lipinski definition) is 1. The van der Waals surface area contributed by atoms with E-state index >= 15 is 0 Å². The molecule has 0 fully saturated rings. The molecule has 0 saturated carbocycles. The molecule has 3 rings (SSSR count). The van der Waals surface area contributed by atoms with Crippen molar-refractivity contribution >= 4 is 28.4 Å². The summed E-state index contributed by atoms with van der Waals surface area (Å²) in [5, 5.41) is 9.61. The second-order valence-electron chi connectivity index (χ2n) is 4.23. The molecule has 0 aliphatic heterocycles. The molecule has 0 amide bonds. The number of halogens is 1. The third kappa shape index (κ3) is 2.10. The van der Waals surface area contributed by atoms with Crippen LogP contribution in [0, 0.1) is 0 Å². The van der Waals surface area contributed by atoms with Gasteiger partial charge in [-0.25, -0.2) is 0 Å². The Bertz CT molecular complexity index is 818. The van der Waals surface area contributed by atoms with Gasteiger partial charge in [-0.1, -0.05) is 17.7 Å². The lowest BCUT2D eigenvalue weighted by Gasteiger charge is -2.05. The third-order valence-corrected chi connectivity index (χ3v) is 3.35. The Hall–Kier alpha value is -2.46. The number of phenols is 1. The molecule has 1 heterocycles. The molecule has 0 spiro atoms. The SMILES string of the molecule is O=C(c1ccc2nccnc2c1)c1cccc(O)c1Cl. The normalized spacial score (nSPS) is 10.7. The molecular weight excluding hydrogens is 276 g/mol. The van der Waals surface area contributed by atoms with Crippen LogP contribution in [-0.2, 0) is 0 Å². The van der Waals surface area contributed by atoms with E-state index in [0.29, 0.717) is 16.6 Å². The summed E-state index contributed by atoms with van der Waals surface area (Å²) in [5.41, 5.74) is 2.06. The van der Waals surface area contributed by atoms with E-state index in [2.05, 4.69) is 9.97 Å². The summed E-state index contributed by atoms with van der Waals surface area (Å²) in [6, 6.07) is 9.64. The molecular formula is C15H9ClN2O2. The minimum Gasteiger partial charge on any atom is -0.506 e. The molecule has 3 aromatic rings. The lowest BCUT2D eigenvalue weighted by molar-refractivity contribution is 0.103. The summed E-state index contributed by atoms with van der Waals surface area (Å²) in [6.45, 7) is 0. The van der Waals surface area contributed by atoms with E-state index in [9.17, 15) is 9.90 Å². The second kappa shape index (κ2) is 4.90. The average molecular weight is 285 g/mol. The van der Waals surface area contributed by atoms with Crippen molar-refractivity contribution in [3.05, 3.63) is 64.9 Å². The highest BCUT2D eigenvalue weighted by molar-refractivity contribution is 6.36. The monoisotopic (exact) mass is 284 g/mol. The first-order chi connectivity index (χ1) is 9.66. The van der Waals surface area contributed by atoms with Gasteiger partial charge in [0.05, 0.1) is 16.1 Å². The Morgan fingerprint density at radius 1 is 1.05 bits per heavy atom. The van der Waals surface area contributed by atoms with E-state index in [1.165, 1.54) is 6.07 Å². The minimum absolute atomic E-state index is 0.0525. The minimum atomic E-state index is -0.265. The van der Waals surface area contributed by atoms with Crippen LogP contribution in [-0.4, -0.2) is 20.9 Å². The Balaban J connectivity index is 2.10. The van der Waals surface area contributed by atoms with Crippen LogP contribution in [0.1, 0.15) is 15.9 Å². The lowest BCUT2D eigenvalue weighted by atomic mass is 10.0. The summed E-state index contributed by atoms with van der Waals surface area (Å²) >= 11 is 5.96. The van der Waals surface area contributed by atoms with Crippen molar-refractivity contribution in [3.63, 3.8) is 0 Å². The van der Waals surface area contributed by atoms with Crippen molar-refractivity contribution in [1.82, 2.24) is 9.97 Å². The van der Waals surface area contributed by atoms with Gasteiger partial charge in [-0.2, -0.15) is 0 Å². The molecule has 0 aliphatic carbocycles. The number of ketones is 1. The van der Waals surface area contributed by atoms with Gasteiger partial charge in [0.15, 0.2) is 5.78 Å². The summed E-state index contributed by atoms with van der Waals surface area (Å²) in [5.74, 6) is -0.378. The van der Waals surface area contributed by atoms with Gasteiger partial charge in [-0.05, 0) is 30.3 Å². The number of hydrogen-bond acceptors (Lipinski definition) is 4. The van der Waals surface area contributed by atoms with Gasteiger partial charge < -0.3 is 5.11 Å². The van der Waals surface area contributed by atoms with E-state index in [1.807, 2.05) is 0 Å². The topological polar surface area (TPSA) is 63.1 Å². The van der Waals surface area contributed by atoms with Crippen LogP contribution in [0.15, 0.2) is 48.8 Å². The van der Waals surface area contributed by atoms with E-state index in [-0.39, 0.29) is 22.1 Å². The highest BCUT2D eigenvalue weighted by Gasteiger charge is 2.15. The first kappa shape index (κ1) is 12.6. The fourth-order valence-electron chi connectivity index (χ4n) is 1.96. The van der Waals surface area contributed by atoms with Crippen molar-refractivity contribution < 1.29 is 9.90 Å². The van der Waals surface area contributed by atoms with Crippen LogP contribution in [0.2, 0.25) is 5.02 Å². The van der Waals surface area contributed by atoms with Gasteiger partial charge in [0, 0.05) is 23.5 Å². The molecule has 5 heteroatoms. The maximum Gasteiger partial charge on any atom is 0.194 e. The van der Waals surface area contributed by atoms with Crippen molar-refractivity contribution in [2.75, 3.05) is 0 Å². The number of carbonyl (C=O) groups is 1. The van der Waals surface area contributed by atoms with Crippen LogP contribution >= 0.6 is 11.6 Å². The van der Waals surface area contributed by atoms with Crippen molar-refractivity contribution in [2.45, 2.75) is 0 Å². The Morgan fingerprint density at radius 3 is 2.60 bits per heavy atom. The van der Waals surface area contributed by atoms with Crippen LogP contribution in [0.3, 0.4) is 0 Å². The van der Waals surface area contributed by atoms with Gasteiger partial charge in [0.25, 0.3) is 0 Å². The van der Waals surface area contributed by atoms with Gasteiger partial charge in [0.2, 0.25) is 0 Å². The zero-order chi connectivity index (χ0) is 14.1. The van der Waals surface area contributed by atoms with E-state index in [4.69, 9.17) is 11.6 Å². The molecule has 0 unspecified atom stereocenters. The molecule has 98 valence electrons. The highest BCUT2D eigenvalue weighted by atomic mass is 35.5. The maximum atomic E-state index is 12.4. The largest absolute Gasteiger partial charge is 0.506 e. The Morgan fingerprint density at radius 2 is 1.80 bits per heavy atom. The molecule has 0 saturated heterocycles. The van der Waals surface area contributed by atoms with Gasteiger partial charge in [-0.15, -0.1) is 0 Å². The van der Waals surface area contributed by atoms with Crippen LogP contribution in [0.25, 0.3) is 11.0 Å². The quantitative estimate of drug-likeness (QED) is 0.734. The molecule has 1 aromatic heterocycles. The van der Waals surface area contributed by atoms with Crippen LogP contribution in [0.4, 0.5) is 0 Å². The van der Waals surface area contributed by atoms with E-state index < -0.39 is 0 Å². The zero-order valence-electron chi connectivity index (χ0n) is 10.2. The summed E-state index contributed by atoms with van der Waals surface area (Å²) in [6.07, 6.45) is 3.16. The summed E-state index contributed by atoms with van der Waals surface area (Å²) < 4.78 is 0. The van der Waals surface area contributed by atoms with Crippen molar-refractivity contribution in [2.24, 2.45) is 0 Å². The number of rotatable bonds is 2. The first-order valence-electron chi connectivity index (χ1n) is 5.90. The average Bonchev–Trinajstić information content (AvgIpc) is 2.49. The molecule has 20 heavy (non-hydrogen) atoms. The van der Waals surface area contributed by atoms with Crippen LogP contribution in [0.5, 0.6) is 5.75 Å². The molecule has 4 nitrogen and oxygen atoms in total. The smallest absolute Gasteiger partial charge is 0.194 e. The maximum absolute atomic E-state index is 12.4. The van der Waals surface area contributed by atoms with E-state index in [1.54, 1.807) is 42.7 Å². The number of benzene rings is 2. The Kier molecular flexibility index (Phi) is 3.08. The Labute approximate surface area is 119 Å². The summed E-state index contributed by atoms with van der Waals surface area (Å²) in [7, 11) is 0. The lowest BCUT2D eigenvalue weighted by Crippen LogP contribution is -2.02. The molecule has 0 aliphatic rings. The van der Waals surface area contributed by atoms with Crippen LogP contribution < -0.4 is 0 Å². The van der Waals surface area contributed by atoms with E-state index in [0.717, 1.165) is 0 Å². The van der Waals surface area contributed by atoms with Crippen molar-refractivity contribution in [3.8, 4) is 5.75 Å². The van der Waals surface area contributed by atoms with Crippen molar-refractivity contribution in [1.29, 1.82) is 0 Å². The predicted octanol–water partition coefficient (Wildman–Crippen LogP) is 3.22. The van der Waals surface area contributed by atoms with Gasteiger partial charge >= 0.3 is 0 Å². The molecule has 0 bridgehead atoms. The zero-order valence-corrected chi connectivity index (χ0v) is 11.0. The fourth-order valence-corrected chi connectivity index (χ4v) is 2.17.